The van der Waals surface area contributed by atoms with E-state index < -0.39 is 0 Å². The fourth-order valence-electron chi connectivity index (χ4n) is 3.96. The van der Waals surface area contributed by atoms with Crippen molar-refractivity contribution < 1.29 is 9.47 Å². The highest BCUT2D eigenvalue weighted by molar-refractivity contribution is 5.80. The lowest BCUT2D eigenvalue weighted by atomic mass is 10.1. The summed E-state index contributed by atoms with van der Waals surface area (Å²) in [6, 6.07) is 10.5. The first-order valence-corrected chi connectivity index (χ1v) is 11.6. The number of nitrogens with zero attached hydrogens (tertiary/aromatic N) is 5. The number of hydrogen-bond donors (Lipinski definition) is 1. The van der Waals surface area contributed by atoms with Crippen molar-refractivity contribution in [3.8, 4) is 0 Å². The average Bonchev–Trinajstić information content (AvgIpc) is 2.87. The van der Waals surface area contributed by atoms with Crippen LogP contribution in [0.5, 0.6) is 0 Å². The van der Waals surface area contributed by atoms with Crippen LogP contribution in [0.15, 0.2) is 47.7 Å². The maximum atomic E-state index is 6.02. The van der Waals surface area contributed by atoms with E-state index in [0.29, 0.717) is 19.3 Å². The van der Waals surface area contributed by atoms with Crippen molar-refractivity contribution in [2.24, 2.45) is 4.99 Å². The Hall–Kier alpha value is -2.71. The second kappa shape index (κ2) is 11.8. The van der Waals surface area contributed by atoms with Crippen molar-refractivity contribution in [3.63, 3.8) is 0 Å². The van der Waals surface area contributed by atoms with Crippen molar-refractivity contribution in [2.75, 3.05) is 50.8 Å². The Labute approximate surface area is 190 Å². The molecule has 0 radical (unpaired) electrons. The lowest BCUT2D eigenvalue weighted by Gasteiger charge is -2.36. The molecule has 0 aliphatic carbocycles. The van der Waals surface area contributed by atoms with Crippen LogP contribution in [-0.4, -0.2) is 72.9 Å². The zero-order valence-corrected chi connectivity index (χ0v) is 18.9. The molecule has 32 heavy (non-hydrogen) atoms. The van der Waals surface area contributed by atoms with Gasteiger partial charge >= 0.3 is 0 Å². The lowest BCUT2D eigenvalue weighted by Crippen LogP contribution is -2.52. The van der Waals surface area contributed by atoms with E-state index in [1.54, 1.807) is 12.4 Å². The topological polar surface area (TPSA) is 75.1 Å². The lowest BCUT2D eigenvalue weighted by molar-refractivity contribution is -0.0390. The molecule has 0 atom stereocenters. The molecule has 0 saturated carbocycles. The summed E-state index contributed by atoms with van der Waals surface area (Å²) >= 11 is 0. The van der Waals surface area contributed by atoms with Crippen LogP contribution in [0, 0.1) is 0 Å². The third-order valence-electron chi connectivity index (χ3n) is 5.84. The molecule has 2 saturated heterocycles. The quantitative estimate of drug-likeness (QED) is 0.526. The minimum atomic E-state index is 0.324. The molecule has 0 unspecified atom stereocenters. The molecular weight excluding hydrogens is 404 g/mol. The third-order valence-corrected chi connectivity index (χ3v) is 5.84. The second-order valence-electron chi connectivity index (χ2n) is 8.13. The summed E-state index contributed by atoms with van der Waals surface area (Å²) in [5.74, 6) is 1.77. The zero-order valence-electron chi connectivity index (χ0n) is 18.9. The van der Waals surface area contributed by atoms with Gasteiger partial charge in [-0.3, -0.25) is 0 Å². The summed E-state index contributed by atoms with van der Waals surface area (Å²) < 4.78 is 11.4. The number of rotatable bonds is 7. The van der Waals surface area contributed by atoms with Gasteiger partial charge in [0.15, 0.2) is 5.96 Å². The molecule has 8 heteroatoms. The van der Waals surface area contributed by atoms with E-state index in [4.69, 9.17) is 14.5 Å². The molecule has 2 aromatic rings. The molecule has 3 heterocycles. The molecule has 2 fully saturated rings. The van der Waals surface area contributed by atoms with Gasteiger partial charge in [0, 0.05) is 58.3 Å². The molecule has 8 nitrogen and oxygen atoms in total. The summed E-state index contributed by atoms with van der Waals surface area (Å²) in [6.45, 7) is 9.46. The van der Waals surface area contributed by atoms with Gasteiger partial charge in [-0.05, 0) is 37.0 Å². The van der Waals surface area contributed by atoms with Gasteiger partial charge in [0.1, 0.15) is 0 Å². The van der Waals surface area contributed by atoms with Gasteiger partial charge in [0.25, 0.3) is 0 Å². The fourth-order valence-corrected chi connectivity index (χ4v) is 3.96. The van der Waals surface area contributed by atoms with Crippen molar-refractivity contribution in [1.82, 2.24) is 20.2 Å². The van der Waals surface area contributed by atoms with Gasteiger partial charge in [-0.15, -0.1) is 0 Å². The van der Waals surface area contributed by atoms with Gasteiger partial charge in [0.2, 0.25) is 5.95 Å². The summed E-state index contributed by atoms with van der Waals surface area (Å²) in [7, 11) is 0. The van der Waals surface area contributed by atoms with Gasteiger partial charge < -0.3 is 24.6 Å². The molecule has 0 bridgehead atoms. The minimum Gasteiger partial charge on any atom is -0.381 e. The Morgan fingerprint density at radius 1 is 1.06 bits per heavy atom. The van der Waals surface area contributed by atoms with Crippen molar-refractivity contribution in [3.05, 3.63) is 53.9 Å². The summed E-state index contributed by atoms with van der Waals surface area (Å²) in [5, 5.41) is 3.44. The molecule has 4 rings (SSSR count). The number of benzene rings is 1. The highest BCUT2D eigenvalue weighted by Crippen LogP contribution is 2.15. The van der Waals surface area contributed by atoms with E-state index in [2.05, 4.69) is 56.3 Å². The Morgan fingerprint density at radius 2 is 1.75 bits per heavy atom. The Bertz CT molecular complexity index is 831. The summed E-state index contributed by atoms with van der Waals surface area (Å²) in [5.41, 5.74) is 2.40. The van der Waals surface area contributed by atoms with Crippen LogP contribution in [0.2, 0.25) is 0 Å². The molecule has 0 spiro atoms. The number of aliphatic imine (C=N–C) groups is 1. The maximum absolute atomic E-state index is 6.02. The smallest absolute Gasteiger partial charge is 0.225 e. The molecule has 2 aliphatic heterocycles. The van der Waals surface area contributed by atoms with Gasteiger partial charge in [-0.1, -0.05) is 24.3 Å². The summed E-state index contributed by atoms with van der Waals surface area (Å²) in [4.78, 5) is 18.2. The zero-order chi connectivity index (χ0) is 22.0. The second-order valence-corrected chi connectivity index (χ2v) is 8.13. The number of nitrogens with one attached hydrogen (secondary N) is 1. The van der Waals surface area contributed by atoms with E-state index in [9.17, 15) is 0 Å². The predicted octanol–water partition coefficient (Wildman–Crippen LogP) is 2.46. The van der Waals surface area contributed by atoms with E-state index in [1.165, 1.54) is 11.1 Å². The van der Waals surface area contributed by atoms with Crippen LogP contribution >= 0.6 is 0 Å². The molecular formula is C24H34N6O2. The third kappa shape index (κ3) is 6.40. The monoisotopic (exact) mass is 438 g/mol. The SMILES string of the molecule is CCNC(=NCc1ccc(COC2CCOCC2)cc1)N1CCN(c2ncccn2)CC1. The van der Waals surface area contributed by atoms with Crippen LogP contribution in [0.3, 0.4) is 0 Å². The van der Waals surface area contributed by atoms with Crippen LogP contribution in [0.25, 0.3) is 0 Å². The first kappa shape index (κ1) is 22.5. The van der Waals surface area contributed by atoms with Crippen molar-refractivity contribution in [2.45, 2.75) is 39.0 Å². The van der Waals surface area contributed by atoms with E-state index >= 15 is 0 Å². The molecule has 1 N–H and O–H groups in total. The normalized spacial score (nSPS) is 18.1. The van der Waals surface area contributed by atoms with Gasteiger partial charge in [0.05, 0.1) is 19.3 Å². The van der Waals surface area contributed by atoms with Crippen LogP contribution in [0.4, 0.5) is 5.95 Å². The maximum Gasteiger partial charge on any atom is 0.225 e. The Morgan fingerprint density at radius 3 is 2.44 bits per heavy atom. The van der Waals surface area contributed by atoms with E-state index in [1.807, 2.05) is 6.07 Å². The van der Waals surface area contributed by atoms with Crippen molar-refractivity contribution in [1.29, 1.82) is 0 Å². The number of anilines is 1. The number of aromatic nitrogens is 2. The Kier molecular flexibility index (Phi) is 8.28. The molecule has 2 aliphatic rings. The standard InChI is InChI=1S/C24H34N6O2/c1-2-25-23(29-12-14-30(15-13-29)24-26-10-3-11-27-24)28-18-20-4-6-21(7-5-20)19-32-22-8-16-31-17-9-22/h3-7,10-11,22H,2,8-9,12-19H2,1H3,(H,25,28). The largest absolute Gasteiger partial charge is 0.381 e. The van der Waals surface area contributed by atoms with E-state index in [0.717, 1.165) is 70.7 Å². The van der Waals surface area contributed by atoms with Crippen LogP contribution in [0.1, 0.15) is 30.9 Å². The number of ether oxygens (including phenoxy) is 2. The molecule has 1 aromatic heterocycles. The minimum absolute atomic E-state index is 0.324. The summed E-state index contributed by atoms with van der Waals surface area (Å²) in [6.07, 6.45) is 5.90. The predicted molar refractivity (Wildman–Crippen MR) is 126 cm³/mol. The molecule has 172 valence electrons. The first-order valence-electron chi connectivity index (χ1n) is 11.6. The van der Waals surface area contributed by atoms with Gasteiger partial charge in [-0.25, -0.2) is 15.0 Å². The molecule has 0 amide bonds. The van der Waals surface area contributed by atoms with E-state index in [-0.39, 0.29) is 0 Å². The number of piperazine rings is 1. The number of hydrogen-bond acceptors (Lipinski definition) is 6. The highest BCUT2D eigenvalue weighted by Gasteiger charge is 2.21. The highest BCUT2D eigenvalue weighted by atomic mass is 16.5. The van der Waals surface area contributed by atoms with Gasteiger partial charge in [-0.2, -0.15) is 0 Å². The first-order chi connectivity index (χ1) is 15.8. The van der Waals surface area contributed by atoms with Crippen LogP contribution < -0.4 is 10.2 Å². The van der Waals surface area contributed by atoms with Crippen LogP contribution in [-0.2, 0) is 22.6 Å². The van der Waals surface area contributed by atoms with Crippen molar-refractivity contribution >= 4 is 11.9 Å². The fraction of sp³-hybridized carbons (Fsp3) is 0.542. The Balaban J connectivity index is 1.28. The average molecular weight is 439 g/mol. The number of guanidine groups is 1. The molecule has 1 aromatic carbocycles.